The van der Waals surface area contributed by atoms with E-state index in [9.17, 15) is 9.18 Å². The van der Waals surface area contributed by atoms with Gasteiger partial charge in [0.05, 0.1) is 5.02 Å². The minimum absolute atomic E-state index is 0.267. The average Bonchev–Trinajstić information content (AvgIpc) is 3.25. The first-order valence-electron chi connectivity index (χ1n) is 7.89. The van der Waals surface area contributed by atoms with Crippen LogP contribution in [0.3, 0.4) is 0 Å². The number of halogens is 3. The molecule has 4 rings (SSSR count). The predicted octanol–water partition coefficient (Wildman–Crippen LogP) is 6.74. The Morgan fingerprint density at radius 2 is 1.89 bits per heavy atom. The fourth-order valence-electron chi connectivity index (χ4n) is 2.38. The number of thiophene rings is 1. The molecule has 10 heteroatoms. The highest BCUT2D eigenvalue weighted by Gasteiger charge is 2.19. The van der Waals surface area contributed by atoms with Crippen LogP contribution in [0, 0.1) is 5.82 Å². The molecule has 0 radical (unpaired) electrons. The Morgan fingerprint density at radius 3 is 2.68 bits per heavy atom. The van der Waals surface area contributed by atoms with E-state index < -0.39 is 0 Å². The maximum Gasteiger partial charge on any atom is 0.269 e. The Balaban J connectivity index is 1.44. The van der Waals surface area contributed by atoms with Crippen LogP contribution in [0.4, 0.5) is 9.52 Å². The van der Waals surface area contributed by atoms with Crippen molar-refractivity contribution in [1.29, 1.82) is 0 Å². The monoisotopic (exact) mass is 469 g/mol. The zero-order chi connectivity index (χ0) is 19.7. The van der Waals surface area contributed by atoms with Crippen LogP contribution in [0.1, 0.15) is 15.2 Å². The van der Waals surface area contributed by atoms with Gasteiger partial charge in [0.2, 0.25) is 5.13 Å². The summed E-state index contributed by atoms with van der Waals surface area (Å²) in [4.78, 5) is 13.0. The third-order valence-electron chi connectivity index (χ3n) is 3.70. The highest BCUT2D eigenvalue weighted by molar-refractivity contribution is 8.00. The van der Waals surface area contributed by atoms with Crippen LogP contribution in [0.2, 0.25) is 10.0 Å². The first-order valence-corrected chi connectivity index (χ1v) is 11.3. The number of anilines is 1. The molecule has 4 nitrogen and oxygen atoms in total. The molecule has 0 aliphatic rings. The quantitative estimate of drug-likeness (QED) is 0.259. The zero-order valence-corrected chi connectivity index (χ0v) is 17.9. The minimum Gasteiger partial charge on any atom is -0.296 e. The molecule has 0 aliphatic carbocycles. The minimum atomic E-state index is -0.339. The van der Waals surface area contributed by atoms with E-state index in [4.69, 9.17) is 23.2 Å². The lowest BCUT2D eigenvalue weighted by atomic mass is 10.2. The van der Waals surface area contributed by atoms with Crippen LogP contribution >= 0.6 is 57.6 Å². The van der Waals surface area contributed by atoms with E-state index in [0.717, 1.165) is 15.6 Å². The van der Waals surface area contributed by atoms with Gasteiger partial charge in [-0.2, -0.15) is 0 Å². The lowest BCUT2D eigenvalue weighted by Crippen LogP contribution is -2.10. The summed E-state index contributed by atoms with van der Waals surface area (Å²) in [6.07, 6.45) is 0. The Hall–Kier alpha value is -1.71. The Morgan fingerprint density at radius 1 is 1.11 bits per heavy atom. The lowest BCUT2D eigenvalue weighted by molar-refractivity contribution is 0.103. The molecule has 2 aromatic carbocycles. The van der Waals surface area contributed by atoms with Crippen molar-refractivity contribution < 1.29 is 9.18 Å². The smallest absolute Gasteiger partial charge is 0.269 e. The maximum atomic E-state index is 12.9. The van der Waals surface area contributed by atoms with Gasteiger partial charge in [-0.05, 0) is 29.8 Å². The highest BCUT2D eigenvalue weighted by atomic mass is 35.5. The van der Waals surface area contributed by atoms with Gasteiger partial charge in [0, 0.05) is 20.9 Å². The van der Waals surface area contributed by atoms with Crippen LogP contribution in [0.5, 0.6) is 0 Å². The van der Waals surface area contributed by atoms with E-state index in [-0.39, 0.29) is 11.7 Å². The molecule has 1 amide bonds. The molecule has 2 heterocycles. The molecule has 2 aromatic heterocycles. The molecule has 0 saturated heterocycles. The summed E-state index contributed by atoms with van der Waals surface area (Å²) in [5.41, 5.74) is 0.975. The number of carbonyl (C=O) groups excluding carboxylic acids is 1. The zero-order valence-electron chi connectivity index (χ0n) is 13.9. The van der Waals surface area contributed by atoms with Crippen molar-refractivity contribution in [2.75, 3.05) is 5.32 Å². The van der Waals surface area contributed by atoms with E-state index in [1.54, 1.807) is 30.3 Å². The molecule has 0 unspecified atom stereocenters. The van der Waals surface area contributed by atoms with E-state index in [0.29, 0.717) is 30.1 Å². The number of benzene rings is 2. The van der Waals surface area contributed by atoms with Crippen LogP contribution in [0.25, 0.3) is 10.1 Å². The Kier molecular flexibility index (Phi) is 5.84. The van der Waals surface area contributed by atoms with Gasteiger partial charge in [-0.3, -0.25) is 10.1 Å². The number of nitrogens with one attached hydrogen (secondary N) is 1. The summed E-state index contributed by atoms with van der Waals surface area (Å²) in [5.74, 6) is 0.0246. The van der Waals surface area contributed by atoms with Crippen molar-refractivity contribution in [3.63, 3.8) is 0 Å². The predicted molar refractivity (Wildman–Crippen MR) is 116 cm³/mol. The summed E-state index contributed by atoms with van der Waals surface area (Å²) >= 11 is 16.4. The van der Waals surface area contributed by atoms with Crippen molar-refractivity contribution in [3.8, 4) is 0 Å². The first-order chi connectivity index (χ1) is 13.5. The van der Waals surface area contributed by atoms with Crippen LogP contribution in [-0.2, 0) is 5.75 Å². The van der Waals surface area contributed by atoms with Crippen molar-refractivity contribution in [2.45, 2.75) is 10.1 Å². The van der Waals surface area contributed by atoms with Crippen molar-refractivity contribution in [3.05, 3.63) is 68.8 Å². The molecule has 0 bridgehead atoms. The van der Waals surface area contributed by atoms with Crippen LogP contribution < -0.4 is 5.32 Å². The van der Waals surface area contributed by atoms with Gasteiger partial charge in [0.1, 0.15) is 10.7 Å². The fraction of sp³-hybridized carbons (Fsp3) is 0.0556. The SMILES string of the molecule is O=C(Nc1nnc(SCc2ccc(F)cc2)s1)c1sc2cc(Cl)ccc2c1Cl. The van der Waals surface area contributed by atoms with E-state index in [1.807, 2.05) is 0 Å². The molecule has 0 aliphatic heterocycles. The summed E-state index contributed by atoms with van der Waals surface area (Å²) in [7, 11) is 0. The van der Waals surface area contributed by atoms with E-state index in [1.165, 1.54) is 46.6 Å². The average molecular weight is 470 g/mol. The largest absolute Gasteiger partial charge is 0.296 e. The Bertz CT molecular complexity index is 1160. The van der Waals surface area contributed by atoms with Gasteiger partial charge < -0.3 is 0 Å². The number of rotatable bonds is 5. The fourth-order valence-corrected chi connectivity index (χ4v) is 5.77. The summed E-state index contributed by atoms with van der Waals surface area (Å²) in [5, 5.41) is 13.0. The number of amides is 1. The summed E-state index contributed by atoms with van der Waals surface area (Å²) < 4.78 is 14.5. The summed E-state index contributed by atoms with van der Waals surface area (Å²) in [6, 6.07) is 11.6. The maximum absolute atomic E-state index is 12.9. The number of aromatic nitrogens is 2. The van der Waals surface area contributed by atoms with Gasteiger partial charge in [-0.1, -0.05) is 64.5 Å². The second-order valence-electron chi connectivity index (χ2n) is 5.63. The normalized spacial score (nSPS) is 11.1. The number of fused-ring (bicyclic) bond motifs is 1. The third-order valence-corrected chi connectivity index (χ3v) is 7.63. The third kappa shape index (κ3) is 4.31. The van der Waals surface area contributed by atoms with Crippen molar-refractivity contribution >= 4 is 78.8 Å². The van der Waals surface area contributed by atoms with Crippen molar-refractivity contribution in [1.82, 2.24) is 10.2 Å². The molecule has 0 saturated carbocycles. The lowest BCUT2D eigenvalue weighted by Gasteiger charge is -1.99. The molecule has 0 spiro atoms. The standard InChI is InChI=1S/C18H10Cl2FN3OS3/c19-10-3-6-12-13(7-10)27-15(14(12)20)16(25)22-17-23-24-18(28-17)26-8-9-1-4-11(21)5-2-9/h1-7H,8H2,(H,22,23,25). The molecule has 4 aromatic rings. The number of hydrogen-bond acceptors (Lipinski definition) is 6. The second kappa shape index (κ2) is 8.34. The number of nitrogens with zero attached hydrogens (tertiary/aromatic N) is 2. The van der Waals surface area contributed by atoms with Gasteiger partial charge in [-0.15, -0.1) is 21.5 Å². The van der Waals surface area contributed by atoms with E-state index >= 15 is 0 Å². The van der Waals surface area contributed by atoms with Gasteiger partial charge in [0.25, 0.3) is 5.91 Å². The van der Waals surface area contributed by atoms with Gasteiger partial charge in [0.15, 0.2) is 4.34 Å². The van der Waals surface area contributed by atoms with Gasteiger partial charge >= 0.3 is 0 Å². The molecule has 28 heavy (non-hydrogen) atoms. The highest BCUT2D eigenvalue weighted by Crippen LogP contribution is 2.37. The van der Waals surface area contributed by atoms with Crippen molar-refractivity contribution in [2.24, 2.45) is 0 Å². The number of thioether (sulfide) groups is 1. The molecule has 1 N–H and O–H groups in total. The first kappa shape index (κ1) is 19.6. The Labute approximate surface area is 181 Å². The van der Waals surface area contributed by atoms with Crippen LogP contribution in [-0.4, -0.2) is 16.1 Å². The molecular weight excluding hydrogens is 460 g/mol. The molecular formula is C18H10Cl2FN3OS3. The number of carbonyl (C=O) groups is 1. The molecule has 0 fully saturated rings. The molecule has 142 valence electrons. The topological polar surface area (TPSA) is 54.9 Å². The number of hydrogen-bond donors (Lipinski definition) is 1. The van der Waals surface area contributed by atoms with E-state index in [2.05, 4.69) is 15.5 Å². The molecule has 0 atom stereocenters. The summed E-state index contributed by atoms with van der Waals surface area (Å²) in [6.45, 7) is 0. The van der Waals surface area contributed by atoms with Gasteiger partial charge in [-0.25, -0.2) is 4.39 Å². The van der Waals surface area contributed by atoms with Crippen LogP contribution in [0.15, 0.2) is 46.8 Å². The second-order valence-corrected chi connectivity index (χ2v) is 9.69.